The van der Waals surface area contributed by atoms with Crippen LogP contribution in [-0.2, 0) is 6.54 Å². The number of piperidine rings is 1. The van der Waals surface area contributed by atoms with Crippen LogP contribution in [-0.4, -0.2) is 47.2 Å². The number of likely N-dealkylation sites (tertiary alicyclic amines) is 1. The molecular weight excluding hydrogens is 380 g/mol. The topological polar surface area (TPSA) is 80.3 Å². The number of pyridine rings is 1. The molecule has 1 N–H and O–H groups in total. The Morgan fingerprint density at radius 2 is 1.97 bits per heavy atom. The molecule has 0 spiro atoms. The molecule has 156 valence electrons. The minimum atomic E-state index is -0.123. The van der Waals surface area contributed by atoms with Gasteiger partial charge in [0.1, 0.15) is 17.3 Å². The highest BCUT2D eigenvalue weighted by atomic mass is 16.5. The zero-order chi connectivity index (χ0) is 20.9. The van der Waals surface area contributed by atoms with Gasteiger partial charge in [-0.2, -0.15) is 0 Å². The number of H-pyrrole nitrogens is 1. The molecule has 3 aromatic rings. The average molecular weight is 406 g/mol. The number of ether oxygens (including phenoxy) is 2. The molecule has 3 heterocycles. The van der Waals surface area contributed by atoms with Crippen molar-refractivity contribution >= 4 is 0 Å². The van der Waals surface area contributed by atoms with E-state index in [4.69, 9.17) is 14.5 Å². The van der Waals surface area contributed by atoms with E-state index in [-0.39, 0.29) is 11.5 Å². The molecule has 0 unspecified atom stereocenters. The number of nitrogens with zero attached hydrogens (tertiary/aromatic N) is 3. The molecule has 30 heavy (non-hydrogen) atoms. The Kier molecular flexibility index (Phi) is 6.09. The number of rotatable bonds is 6. The standard InChI is InChI=1S/C23H26N4O3/c1-29-19-5-6-21(30-2)18(12-19)15-27-10-7-16(8-11-27)23-25-20(13-22(28)26-23)17-4-3-9-24-14-17/h3-6,9,12-14,16H,7-8,10-11,15H2,1-2H3,(H,25,26,28). The zero-order valence-electron chi connectivity index (χ0n) is 17.3. The molecule has 2 aromatic heterocycles. The maximum Gasteiger partial charge on any atom is 0.251 e. The predicted molar refractivity (Wildman–Crippen MR) is 115 cm³/mol. The average Bonchev–Trinajstić information content (AvgIpc) is 2.79. The van der Waals surface area contributed by atoms with E-state index in [9.17, 15) is 4.79 Å². The fourth-order valence-electron chi connectivity index (χ4n) is 3.94. The lowest BCUT2D eigenvalue weighted by Gasteiger charge is -2.31. The largest absolute Gasteiger partial charge is 0.497 e. The van der Waals surface area contributed by atoms with Crippen LogP contribution in [0.4, 0.5) is 0 Å². The minimum absolute atomic E-state index is 0.123. The summed E-state index contributed by atoms with van der Waals surface area (Å²) in [6, 6.07) is 11.2. The molecule has 1 fully saturated rings. The van der Waals surface area contributed by atoms with Crippen molar-refractivity contribution in [3.8, 4) is 22.8 Å². The number of hydrogen-bond acceptors (Lipinski definition) is 6. The Morgan fingerprint density at radius 3 is 2.67 bits per heavy atom. The van der Waals surface area contributed by atoms with Gasteiger partial charge in [-0.25, -0.2) is 4.98 Å². The third-order valence-electron chi connectivity index (χ3n) is 5.57. The Bertz CT molecular complexity index is 1040. The highest BCUT2D eigenvalue weighted by Crippen LogP contribution is 2.30. The predicted octanol–water partition coefficient (Wildman–Crippen LogP) is 3.23. The molecule has 1 saturated heterocycles. The first-order valence-corrected chi connectivity index (χ1v) is 10.1. The van der Waals surface area contributed by atoms with E-state index in [2.05, 4.69) is 14.9 Å². The Hall–Kier alpha value is -3.19. The lowest BCUT2D eigenvalue weighted by molar-refractivity contribution is 0.199. The summed E-state index contributed by atoms with van der Waals surface area (Å²) in [4.78, 5) is 26.4. The van der Waals surface area contributed by atoms with E-state index in [1.807, 2.05) is 30.3 Å². The molecular formula is C23H26N4O3. The van der Waals surface area contributed by atoms with Crippen molar-refractivity contribution < 1.29 is 9.47 Å². The highest BCUT2D eigenvalue weighted by Gasteiger charge is 2.24. The van der Waals surface area contributed by atoms with E-state index in [1.54, 1.807) is 26.6 Å². The minimum Gasteiger partial charge on any atom is -0.497 e. The molecule has 7 nitrogen and oxygen atoms in total. The van der Waals surface area contributed by atoms with Gasteiger partial charge < -0.3 is 14.5 Å². The lowest BCUT2D eigenvalue weighted by atomic mass is 9.95. The number of nitrogens with one attached hydrogen (secondary N) is 1. The molecule has 1 aliphatic rings. The van der Waals surface area contributed by atoms with Gasteiger partial charge in [-0.1, -0.05) is 0 Å². The second kappa shape index (κ2) is 9.09. The van der Waals surface area contributed by atoms with Crippen molar-refractivity contribution in [3.05, 3.63) is 70.5 Å². The quantitative estimate of drug-likeness (QED) is 0.677. The van der Waals surface area contributed by atoms with Crippen molar-refractivity contribution in [2.24, 2.45) is 0 Å². The number of aromatic amines is 1. The molecule has 1 aliphatic heterocycles. The third-order valence-corrected chi connectivity index (χ3v) is 5.57. The number of hydrogen-bond donors (Lipinski definition) is 1. The molecule has 7 heteroatoms. The van der Waals surface area contributed by atoms with Gasteiger partial charge in [0.05, 0.1) is 19.9 Å². The van der Waals surface area contributed by atoms with Gasteiger partial charge in [0, 0.05) is 42.0 Å². The Morgan fingerprint density at radius 1 is 1.13 bits per heavy atom. The number of benzene rings is 1. The van der Waals surface area contributed by atoms with Crippen molar-refractivity contribution in [3.63, 3.8) is 0 Å². The van der Waals surface area contributed by atoms with Crippen LogP contribution in [0.25, 0.3) is 11.3 Å². The second-order valence-corrected chi connectivity index (χ2v) is 7.49. The summed E-state index contributed by atoms with van der Waals surface area (Å²) in [7, 11) is 3.36. The van der Waals surface area contributed by atoms with Gasteiger partial charge in [0.15, 0.2) is 0 Å². The molecule has 0 amide bonds. The zero-order valence-corrected chi connectivity index (χ0v) is 17.3. The monoisotopic (exact) mass is 406 g/mol. The Balaban J connectivity index is 1.45. The molecule has 0 atom stereocenters. The van der Waals surface area contributed by atoms with E-state index < -0.39 is 0 Å². The second-order valence-electron chi connectivity index (χ2n) is 7.49. The first-order valence-electron chi connectivity index (χ1n) is 10.1. The molecule has 0 saturated carbocycles. The fraction of sp³-hybridized carbons (Fsp3) is 0.348. The van der Waals surface area contributed by atoms with Crippen LogP contribution in [0.2, 0.25) is 0 Å². The van der Waals surface area contributed by atoms with Crippen LogP contribution in [0.15, 0.2) is 53.6 Å². The third kappa shape index (κ3) is 4.52. The van der Waals surface area contributed by atoms with Crippen LogP contribution in [0.5, 0.6) is 11.5 Å². The first-order chi connectivity index (χ1) is 14.7. The summed E-state index contributed by atoms with van der Waals surface area (Å²) in [5.74, 6) is 2.69. The van der Waals surface area contributed by atoms with Gasteiger partial charge in [-0.3, -0.25) is 14.7 Å². The SMILES string of the molecule is COc1ccc(OC)c(CN2CCC(c3nc(-c4cccnc4)cc(=O)[nH]3)CC2)c1. The summed E-state index contributed by atoms with van der Waals surface area (Å²) < 4.78 is 10.9. The molecule has 0 bridgehead atoms. The van der Waals surface area contributed by atoms with Crippen molar-refractivity contribution in [1.29, 1.82) is 0 Å². The van der Waals surface area contributed by atoms with Crippen molar-refractivity contribution in [1.82, 2.24) is 19.9 Å². The van der Waals surface area contributed by atoms with Gasteiger partial charge in [-0.15, -0.1) is 0 Å². The normalized spacial score (nSPS) is 15.1. The summed E-state index contributed by atoms with van der Waals surface area (Å²) in [6.45, 7) is 2.64. The maximum absolute atomic E-state index is 12.2. The summed E-state index contributed by atoms with van der Waals surface area (Å²) >= 11 is 0. The summed E-state index contributed by atoms with van der Waals surface area (Å²) in [5.41, 5.74) is 2.51. The molecule has 0 radical (unpaired) electrons. The van der Waals surface area contributed by atoms with E-state index >= 15 is 0 Å². The first kappa shape index (κ1) is 20.1. The Labute approximate surface area is 175 Å². The van der Waals surface area contributed by atoms with Crippen LogP contribution in [0.3, 0.4) is 0 Å². The number of methoxy groups -OCH3 is 2. The lowest BCUT2D eigenvalue weighted by Crippen LogP contribution is -2.33. The van der Waals surface area contributed by atoms with Gasteiger partial charge in [-0.05, 0) is 56.3 Å². The molecule has 4 rings (SSSR count). The van der Waals surface area contributed by atoms with Crippen LogP contribution in [0, 0.1) is 0 Å². The van der Waals surface area contributed by atoms with Gasteiger partial charge in [0.25, 0.3) is 5.56 Å². The summed E-state index contributed by atoms with van der Waals surface area (Å²) in [6.07, 6.45) is 5.32. The van der Waals surface area contributed by atoms with E-state index in [1.165, 1.54) is 6.07 Å². The van der Waals surface area contributed by atoms with E-state index in [0.717, 1.165) is 60.9 Å². The van der Waals surface area contributed by atoms with Gasteiger partial charge in [0.2, 0.25) is 0 Å². The smallest absolute Gasteiger partial charge is 0.251 e. The maximum atomic E-state index is 12.2. The number of aromatic nitrogens is 3. The fourth-order valence-corrected chi connectivity index (χ4v) is 3.94. The van der Waals surface area contributed by atoms with Crippen molar-refractivity contribution in [2.45, 2.75) is 25.3 Å². The van der Waals surface area contributed by atoms with Crippen LogP contribution < -0.4 is 15.0 Å². The van der Waals surface area contributed by atoms with Crippen LogP contribution >= 0.6 is 0 Å². The van der Waals surface area contributed by atoms with Crippen LogP contribution in [0.1, 0.15) is 30.1 Å². The van der Waals surface area contributed by atoms with E-state index in [0.29, 0.717) is 5.69 Å². The molecule has 1 aromatic carbocycles. The summed E-state index contributed by atoms with van der Waals surface area (Å²) in [5, 5.41) is 0. The molecule has 0 aliphatic carbocycles. The van der Waals surface area contributed by atoms with Crippen molar-refractivity contribution in [2.75, 3.05) is 27.3 Å². The van der Waals surface area contributed by atoms with Gasteiger partial charge >= 0.3 is 0 Å². The highest BCUT2D eigenvalue weighted by molar-refractivity contribution is 5.56.